The molecule has 0 bridgehead atoms. The van der Waals surface area contributed by atoms with Crippen molar-refractivity contribution in [1.82, 2.24) is 24.5 Å². The lowest BCUT2D eigenvalue weighted by Gasteiger charge is -2.35. The Morgan fingerprint density at radius 1 is 1.14 bits per heavy atom. The minimum atomic E-state index is -1.18. The molecule has 0 saturated carbocycles. The number of pyridine rings is 1. The van der Waals surface area contributed by atoms with E-state index in [0.717, 1.165) is 10.4 Å². The number of aryl methyl sites for hydroxylation is 1. The highest BCUT2D eigenvalue weighted by Gasteiger charge is 2.26. The van der Waals surface area contributed by atoms with Gasteiger partial charge in [0.25, 0.3) is 5.56 Å². The second-order valence-electron chi connectivity index (χ2n) is 8.75. The summed E-state index contributed by atoms with van der Waals surface area (Å²) < 4.78 is 2.16. The van der Waals surface area contributed by atoms with Crippen molar-refractivity contribution < 1.29 is 9.90 Å². The van der Waals surface area contributed by atoms with Crippen LogP contribution in [-0.4, -0.2) is 61.8 Å². The summed E-state index contributed by atoms with van der Waals surface area (Å²) in [5.74, 6) is 0.0997. The van der Waals surface area contributed by atoms with Gasteiger partial charge in [-0.25, -0.2) is 24.7 Å². The van der Waals surface area contributed by atoms with Gasteiger partial charge in [0.2, 0.25) is 11.9 Å². The zero-order valence-electron chi connectivity index (χ0n) is 20.5. The molecule has 37 heavy (non-hydrogen) atoms. The maximum Gasteiger partial charge on any atom is 0.356 e. The predicted molar refractivity (Wildman–Crippen MR) is 144 cm³/mol. The Morgan fingerprint density at radius 3 is 2.49 bits per heavy atom. The lowest BCUT2D eigenvalue weighted by Crippen LogP contribution is -2.48. The lowest BCUT2D eigenvalue weighted by molar-refractivity contribution is 0.0691. The van der Waals surface area contributed by atoms with Crippen molar-refractivity contribution in [2.45, 2.75) is 19.9 Å². The van der Waals surface area contributed by atoms with E-state index < -0.39 is 5.97 Å². The zero-order valence-corrected chi connectivity index (χ0v) is 22.0. The maximum absolute atomic E-state index is 13.4. The number of fused-ring (bicyclic) bond motifs is 1. The van der Waals surface area contributed by atoms with Gasteiger partial charge in [0.05, 0.1) is 17.2 Å². The van der Waals surface area contributed by atoms with Crippen LogP contribution >= 0.6 is 22.9 Å². The molecule has 2 N–H and O–H groups in total. The van der Waals surface area contributed by atoms with E-state index in [9.17, 15) is 14.7 Å². The lowest BCUT2D eigenvalue weighted by atomic mass is 10.1. The molecule has 0 aliphatic carbocycles. The van der Waals surface area contributed by atoms with Gasteiger partial charge >= 0.3 is 5.97 Å². The van der Waals surface area contributed by atoms with Crippen molar-refractivity contribution in [3.63, 3.8) is 0 Å². The summed E-state index contributed by atoms with van der Waals surface area (Å²) in [4.78, 5) is 47.8. The molecular formula is C24H25ClN8O3S. The standard InChI is InChI=1S/C24H25ClN8O3S/c1-13(28-15-5-6-16(25)29-18(15)22(35)36)17-14(2)37-20-19(17)30-24(31(3)21(20)34)33-11-9-32(10-12-33)23-26-7-4-8-27-23/h4-8,13,28H,9-12H2,1-3H3,(H,35,36). The number of nitrogens with zero attached hydrogens (tertiary/aromatic N) is 7. The summed E-state index contributed by atoms with van der Waals surface area (Å²) in [6.07, 6.45) is 3.45. The molecule has 5 heterocycles. The number of hydrogen-bond acceptors (Lipinski definition) is 10. The van der Waals surface area contributed by atoms with Crippen LogP contribution in [-0.2, 0) is 7.05 Å². The number of carboxylic acid groups (broad SMARTS) is 1. The number of piperazine rings is 1. The van der Waals surface area contributed by atoms with E-state index in [0.29, 0.717) is 54.0 Å². The van der Waals surface area contributed by atoms with E-state index in [4.69, 9.17) is 16.6 Å². The number of carboxylic acids is 1. The molecule has 4 aromatic heterocycles. The molecule has 1 unspecified atom stereocenters. The van der Waals surface area contributed by atoms with Crippen LogP contribution in [0.2, 0.25) is 5.15 Å². The molecule has 0 aromatic carbocycles. The molecule has 192 valence electrons. The largest absolute Gasteiger partial charge is 0.476 e. The molecule has 1 aliphatic rings. The fourth-order valence-electron chi connectivity index (χ4n) is 4.59. The third-order valence-electron chi connectivity index (χ3n) is 6.38. The van der Waals surface area contributed by atoms with Gasteiger partial charge in [-0.05, 0) is 32.0 Å². The molecule has 13 heteroatoms. The summed E-state index contributed by atoms with van der Waals surface area (Å²) in [5, 5.41) is 12.9. The van der Waals surface area contributed by atoms with Crippen LogP contribution in [0.1, 0.15) is 33.9 Å². The van der Waals surface area contributed by atoms with E-state index in [1.54, 1.807) is 36.1 Å². The maximum atomic E-state index is 13.4. The van der Waals surface area contributed by atoms with Crippen LogP contribution in [0.25, 0.3) is 10.2 Å². The Morgan fingerprint density at radius 2 is 1.81 bits per heavy atom. The van der Waals surface area contributed by atoms with Crippen molar-refractivity contribution >= 4 is 56.7 Å². The van der Waals surface area contributed by atoms with Gasteiger partial charge in [0.1, 0.15) is 9.85 Å². The van der Waals surface area contributed by atoms with Crippen molar-refractivity contribution in [2.75, 3.05) is 41.3 Å². The molecule has 0 amide bonds. The average molecular weight is 541 g/mol. The number of thiophene rings is 1. The third-order valence-corrected chi connectivity index (χ3v) is 7.69. The summed E-state index contributed by atoms with van der Waals surface area (Å²) >= 11 is 7.30. The topological polar surface area (TPSA) is 129 Å². The van der Waals surface area contributed by atoms with Gasteiger partial charge in [-0.1, -0.05) is 11.6 Å². The number of aromatic carboxylic acids is 1. The summed E-state index contributed by atoms with van der Waals surface area (Å²) in [6.45, 7) is 6.57. The quantitative estimate of drug-likeness (QED) is 0.351. The highest BCUT2D eigenvalue weighted by molar-refractivity contribution is 7.19. The van der Waals surface area contributed by atoms with Crippen molar-refractivity contribution in [2.24, 2.45) is 7.05 Å². The number of rotatable bonds is 6. The van der Waals surface area contributed by atoms with Crippen molar-refractivity contribution in [1.29, 1.82) is 0 Å². The number of halogens is 1. The first-order valence-corrected chi connectivity index (χ1v) is 12.9. The van der Waals surface area contributed by atoms with E-state index >= 15 is 0 Å². The summed E-state index contributed by atoms with van der Waals surface area (Å²) in [5.41, 5.74) is 1.53. The van der Waals surface area contributed by atoms with Gasteiger partial charge in [0, 0.05) is 56.1 Å². The van der Waals surface area contributed by atoms with Crippen LogP contribution in [0.5, 0.6) is 0 Å². The Hall–Kier alpha value is -3.77. The number of nitrogens with one attached hydrogen (secondary N) is 1. The smallest absolute Gasteiger partial charge is 0.356 e. The predicted octanol–water partition coefficient (Wildman–Crippen LogP) is 3.34. The average Bonchev–Trinajstić information content (AvgIpc) is 3.23. The monoisotopic (exact) mass is 540 g/mol. The van der Waals surface area contributed by atoms with Crippen LogP contribution in [0, 0.1) is 6.92 Å². The normalized spacial score (nSPS) is 14.7. The Bertz CT molecular complexity index is 1530. The van der Waals surface area contributed by atoms with Gasteiger partial charge in [-0.15, -0.1) is 11.3 Å². The number of hydrogen-bond donors (Lipinski definition) is 2. The number of aromatic nitrogens is 5. The molecule has 1 atom stereocenters. The first kappa shape index (κ1) is 24.9. The van der Waals surface area contributed by atoms with Crippen LogP contribution in [0.3, 0.4) is 0 Å². The second-order valence-corrected chi connectivity index (χ2v) is 10.4. The first-order valence-electron chi connectivity index (χ1n) is 11.7. The molecule has 11 nitrogen and oxygen atoms in total. The molecule has 4 aromatic rings. The van der Waals surface area contributed by atoms with Gasteiger partial charge in [-0.3, -0.25) is 9.36 Å². The van der Waals surface area contributed by atoms with E-state index in [2.05, 4.69) is 30.1 Å². The molecule has 0 spiro atoms. The molecule has 5 rings (SSSR count). The second kappa shape index (κ2) is 9.94. The van der Waals surface area contributed by atoms with Crippen molar-refractivity contribution in [3.05, 3.63) is 62.2 Å². The molecule has 0 radical (unpaired) electrons. The molecule has 1 aliphatic heterocycles. The van der Waals surface area contributed by atoms with E-state index in [1.165, 1.54) is 17.4 Å². The third kappa shape index (κ3) is 4.69. The van der Waals surface area contributed by atoms with E-state index in [-0.39, 0.29) is 22.4 Å². The first-order chi connectivity index (χ1) is 17.7. The van der Waals surface area contributed by atoms with Crippen LogP contribution in [0.15, 0.2) is 35.4 Å². The highest BCUT2D eigenvalue weighted by atomic mass is 35.5. The summed E-state index contributed by atoms with van der Waals surface area (Å²) in [6, 6.07) is 4.58. The number of anilines is 3. The SMILES string of the molecule is Cc1sc2c(=O)n(C)c(N3CCN(c4ncccn4)CC3)nc2c1C(C)Nc1ccc(Cl)nc1C(=O)O. The minimum absolute atomic E-state index is 0.0986. The van der Waals surface area contributed by atoms with Crippen molar-refractivity contribution in [3.8, 4) is 0 Å². The van der Waals surface area contributed by atoms with Crippen LogP contribution < -0.4 is 20.7 Å². The molecule has 1 saturated heterocycles. The Kier molecular flexibility index (Phi) is 6.69. The van der Waals surface area contributed by atoms with Crippen LogP contribution in [0.4, 0.5) is 17.6 Å². The fourth-order valence-corrected chi connectivity index (χ4v) is 5.91. The highest BCUT2D eigenvalue weighted by Crippen LogP contribution is 2.35. The minimum Gasteiger partial charge on any atom is -0.476 e. The Labute approximate surface area is 221 Å². The fraction of sp³-hybridized carbons (Fsp3) is 0.333. The summed E-state index contributed by atoms with van der Waals surface area (Å²) in [7, 11) is 1.74. The number of carbonyl (C=O) groups is 1. The zero-order chi connectivity index (χ0) is 26.3. The van der Waals surface area contributed by atoms with Gasteiger partial charge < -0.3 is 20.2 Å². The molecular weight excluding hydrogens is 516 g/mol. The Balaban J connectivity index is 1.47. The molecule has 1 fully saturated rings. The van der Waals surface area contributed by atoms with E-state index in [1.807, 2.05) is 13.8 Å². The van der Waals surface area contributed by atoms with Gasteiger partial charge in [0.15, 0.2) is 5.69 Å². The van der Waals surface area contributed by atoms with Gasteiger partial charge in [-0.2, -0.15) is 0 Å².